The van der Waals surface area contributed by atoms with Crippen molar-refractivity contribution in [2.75, 3.05) is 5.73 Å². The Morgan fingerprint density at radius 3 is 2.50 bits per heavy atom. The molecule has 3 heteroatoms. The van der Waals surface area contributed by atoms with Crippen LogP contribution in [0.15, 0.2) is 24.3 Å². The van der Waals surface area contributed by atoms with E-state index in [0.717, 1.165) is 35.5 Å². The number of benzene rings is 1. The van der Waals surface area contributed by atoms with E-state index in [-0.39, 0.29) is 0 Å². The van der Waals surface area contributed by atoms with Crippen LogP contribution in [0.2, 0.25) is 0 Å². The number of hydrogen-bond donors (Lipinski definition) is 1. The third-order valence-corrected chi connectivity index (χ3v) is 3.27. The van der Waals surface area contributed by atoms with Gasteiger partial charge in [-0.3, -0.25) is 4.68 Å². The van der Waals surface area contributed by atoms with Gasteiger partial charge in [0, 0.05) is 12.6 Å². The summed E-state index contributed by atoms with van der Waals surface area (Å²) in [5, 5.41) is 4.54. The Labute approximate surface area is 109 Å². The Morgan fingerprint density at radius 2 is 1.89 bits per heavy atom. The lowest BCUT2D eigenvalue weighted by atomic mass is 10.0. The van der Waals surface area contributed by atoms with Gasteiger partial charge in [0.25, 0.3) is 0 Å². The van der Waals surface area contributed by atoms with Crippen LogP contribution in [0.25, 0.3) is 11.1 Å². The average molecular weight is 243 g/mol. The summed E-state index contributed by atoms with van der Waals surface area (Å²) in [6.45, 7) is 4.28. The first kappa shape index (κ1) is 12.7. The Bertz CT molecular complexity index is 523. The third kappa shape index (κ3) is 2.40. The van der Waals surface area contributed by atoms with E-state index in [9.17, 15) is 0 Å². The minimum atomic E-state index is 0.755. The maximum atomic E-state index is 6.15. The summed E-state index contributed by atoms with van der Waals surface area (Å²) in [5.74, 6) is 0.755. The number of hydrogen-bond acceptors (Lipinski definition) is 2. The quantitative estimate of drug-likeness (QED) is 0.895. The molecule has 0 aliphatic carbocycles. The number of aryl methyl sites for hydroxylation is 3. The van der Waals surface area contributed by atoms with E-state index in [1.807, 2.05) is 7.05 Å². The fourth-order valence-corrected chi connectivity index (χ4v) is 2.15. The largest absolute Gasteiger partial charge is 0.383 e. The maximum Gasteiger partial charge on any atom is 0.129 e. The lowest BCUT2D eigenvalue weighted by Gasteiger charge is -2.04. The van der Waals surface area contributed by atoms with Crippen LogP contribution in [-0.2, 0) is 13.5 Å². The smallest absolute Gasteiger partial charge is 0.129 e. The van der Waals surface area contributed by atoms with Gasteiger partial charge in [-0.25, -0.2) is 0 Å². The molecule has 0 saturated carbocycles. The van der Waals surface area contributed by atoms with Crippen molar-refractivity contribution in [1.82, 2.24) is 9.78 Å². The number of nitrogens with zero attached hydrogens (tertiary/aromatic N) is 2. The molecular formula is C15H21N3. The third-order valence-electron chi connectivity index (χ3n) is 3.27. The molecule has 0 spiro atoms. The molecule has 0 aliphatic rings. The Balaban J connectivity index is 2.44. The van der Waals surface area contributed by atoms with Crippen molar-refractivity contribution in [1.29, 1.82) is 0 Å². The van der Waals surface area contributed by atoms with Crippen LogP contribution < -0.4 is 5.73 Å². The van der Waals surface area contributed by atoms with Crippen LogP contribution in [0.3, 0.4) is 0 Å². The van der Waals surface area contributed by atoms with Crippen LogP contribution in [0, 0.1) is 6.92 Å². The van der Waals surface area contributed by atoms with Crippen LogP contribution in [-0.4, -0.2) is 9.78 Å². The number of nitrogens with two attached hydrogens (primary N) is 1. The standard InChI is InChI=1S/C15H21N3/c1-4-5-6-13-14(15(16)18(3)17-13)12-9-7-11(2)8-10-12/h7-10H,4-6,16H2,1-3H3. The Hall–Kier alpha value is -1.77. The molecular weight excluding hydrogens is 222 g/mol. The van der Waals surface area contributed by atoms with Crippen molar-refractivity contribution in [3.8, 4) is 11.1 Å². The number of rotatable bonds is 4. The van der Waals surface area contributed by atoms with Gasteiger partial charge in [-0.15, -0.1) is 0 Å². The molecule has 1 heterocycles. The van der Waals surface area contributed by atoms with Gasteiger partial charge < -0.3 is 5.73 Å². The topological polar surface area (TPSA) is 43.8 Å². The van der Waals surface area contributed by atoms with Crippen molar-refractivity contribution in [3.63, 3.8) is 0 Å². The highest BCUT2D eigenvalue weighted by molar-refractivity contribution is 5.76. The SMILES string of the molecule is CCCCc1nn(C)c(N)c1-c1ccc(C)cc1. The van der Waals surface area contributed by atoms with Crippen molar-refractivity contribution >= 4 is 5.82 Å². The highest BCUT2D eigenvalue weighted by atomic mass is 15.3. The molecule has 96 valence electrons. The van der Waals surface area contributed by atoms with E-state index in [2.05, 4.69) is 43.2 Å². The molecule has 18 heavy (non-hydrogen) atoms. The molecule has 0 atom stereocenters. The Kier molecular flexibility index (Phi) is 3.70. The minimum absolute atomic E-state index is 0.755. The first-order valence-corrected chi connectivity index (χ1v) is 6.52. The molecule has 0 aliphatic heterocycles. The molecule has 2 N–H and O–H groups in total. The van der Waals surface area contributed by atoms with E-state index in [1.165, 1.54) is 12.0 Å². The Morgan fingerprint density at radius 1 is 1.22 bits per heavy atom. The fraction of sp³-hybridized carbons (Fsp3) is 0.400. The molecule has 3 nitrogen and oxygen atoms in total. The summed E-state index contributed by atoms with van der Waals surface area (Å²) in [6.07, 6.45) is 3.31. The van der Waals surface area contributed by atoms with Gasteiger partial charge in [-0.05, 0) is 25.3 Å². The summed E-state index contributed by atoms with van der Waals surface area (Å²) in [6, 6.07) is 8.48. The van der Waals surface area contributed by atoms with E-state index in [1.54, 1.807) is 4.68 Å². The predicted octanol–water partition coefficient (Wildman–Crippen LogP) is 3.32. The normalized spacial score (nSPS) is 10.8. The molecule has 0 unspecified atom stereocenters. The van der Waals surface area contributed by atoms with Gasteiger partial charge in [0.2, 0.25) is 0 Å². The van der Waals surface area contributed by atoms with E-state index in [4.69, 9.17) is 5.73 Å². The second-order valence-electron chi connectivity index (χ2n) is 4.80. The number of nitrogen functional groups attached to an aromatic ring is 1. The number of unbranched alkanes of at least 4 members (excludes halogenated alkanes) is 1. The van der Waals surface area contributed by atoms with E-state index < -0.39 is 0 Å². The van der Waals surface area contributed by atoms with Crippen molar-refractivity contribution in [2.24, 2.45) is 7.05 Å². The first-order chi connectivity index (χ1) is 8.63. The molecule has 0 radical (unpaired) electrons. The van der Waals surface area contributed by atoms with Gasteiger partial charge in [-0.2, -0.15) is 5.10 Å². The molecule has 0 bridgehead atoms. The van der Waals surface area contributed by atoms with Crippen molar-refractivity contribution < 1.29 is 0 Å². The van der Waals surface area contributed by atoms with Gasteiger partial charge in [0.1, 0.15) is 5.82 Å². The molecule has 1 aromatic carbocycles. The van der Waals surface area contributed by atoms with Gasteiger partial charge in [-0.1, -0.05) is 43.2 Å². The van der Waals surface area contributed by atoms with Crippen LogP contribution in [0.4, 0.5) is 5.82 Å². The summed E-state index contributed by atoms with van der Waals surface area (Å²) < 4.78 is 1.78. The van der Waals surface area contributed by atoms with Gasteiger partial charge >= 0.3 is 0 Å². The average Bonchev–Trinajstić information content (AvgIpc) is 2.64. The number of anilines is 1. The molecule has 0 saturated heterocycles. The van der Waals surface area contributed by atoms with E-state index >= 15 is 0 Å². The lowest BCUT2D eigenvalue weighted by Crippen LogP contribution is -1.98. The van der Waals surface area contributed by atoms with Gasteiger partial charge in [0.15, 0.2) is 0 Å². The molecule has 0 fully saturated rings. The minimum Gasteiger partial charge on any atom is -0.383 e. The van der Waals surface area contributed by atoms with Crippen LogP contribution in [0.1, 0.15) is 31.0 Å². The monoisotopic (exact) mass is 243 g/mol. The lowest BCUT2D eigenvalue weighted by molar-refractivity contribution is 0.718. The van der Waals surface area contributed by atoms with Crippen LogP contribution >= 0.6 is 0 Å². The fourth-order valence-electron chi connectivity index (χ4n) is 2.15. The zero-order valence-electron chi connectivity index (χ0n) is 11.4. The van der Waals surface area contributed by atoms with E-state index in [0.29, 0.717) is 0 Å². The van der Waals surface area contributed by atoms with Gasteiger partial charge in [0.05, 0.1) is 5.69 Å². The zero-order valence-corrected chi connectivity index (χ0v) is 11.4. The first-order valence-electron chi connectivity index (χ1n) is 6.52. The van der Waals surface area contributed by atoms with Crippen molar-refractivity contribution in [3.05, 3.63) is 35.5 Å². The summed E-state index contributed by atoms with van der Waals surface area (Å²) in [5.41, 5.74) is 10.8. The van der Waals surface area contributed by atoms with Crippen LogP contribution in [0.5, 0.6) is 0 Å². The predicted molar refractivity (Wildman–Crippen MR) is 76.4 cm³/mol. The second kappa shape index (κ2) is 5.25. The zero-order chi connectivity index (χ0) is 13.1. The highest BCUT2D eigenvalue weighted by Crippen LogP contribution is 2.30. The highest BCUT2D eigenvalue weighted by Gasteiger charge is 2.14. The maximum absolute atomic E-state index is 6.15. The molecule has 0 amide bonds. The summed E-state index contributed by atoms with van der Waals surface area (Å²) in [4.78, 5) is 0. The summed E-state index contributed by atoms with van der Waals surface area (Å²) >= 11 is 0. The molecule has 2 aromatic rings. The number of aromatic nitrogens is 2. The summed E-state index contributed by atoms with van der Waals surface area (Å²) in [7, 11) is 1.91. The molecule has 1 aromatic heterocycles. The second-order valence-corrected chi connectivity index (χ2v) is 4.80. The van der Waals surface area contributed by atoms with Crippen molar-refractivity contribution in [2.45, 2.75) is 33.1 Å². The molecule has 2 rings (SSSR count).